The van der Waals surface area contributed by atoms with Crippen molar-refractivity contribution in [2.75, 3.05) is 19.8 Å². The third kappa shape index (κ3) is 2.89. The summed E-state index contributed by atoms with van der Waals surface area (Å²) in [5.74, 6) is 0. The van der Waals surface area contributed by atoms with Gasteiger partial charge in [-0.15, -0.1) is 0 Å². The number of nitrogens with two attached hydrogens (primary N) is 1. The van der Waals surface area contributed by atoms with Crippen molar-refractivity contribution < 1.29 is 13.2 Å². The summed E-state index contributed by atoms with van der Waals surface area (Å²) >= 11 is 0. The number of ether oxygens (including phenoxy) is 1. The zero-order valence-electron chi connectivity index (χ0n) is 10.3. The van der Waals surface area contributed by atoms with Gasteiger partial charge in [-0.2, -0.15) is 5.10 Å². The summed E-state index contributed by atoms with van der Waals surface area (Å²) in [5.41, 5.74) is 4.86. The summed E-state index contributed by atoms with van der Waals surface area (Å²) in [6.07, 6.45) is 3.48. The molecule has 2 rings (SSSR count). The summed E-state index contributed by atoms with van der Waals surface area (Å²) < 4.78 is 33.7. The predicted octanol–water partition coefficient (Wildman–Crippen LogP) is -0.701. The summed E-state index contributed by atoms with van der Waals surface area (Å²) in [6, 6.07) is 0. The third-order valence-electron chi connectivity index (χ3n) is 2.88. The van der Waals surface area contributed by atoms with Gasteiger partial charge in [-0.05, 0) is 13.3 Å². The molecule has 2 heterocycles. The maximum atomic E-state index is 12.2. The molecule has 0 aliphatic carbocycles. The van der Waals surface area contributed by atoms with Gasteiger partial charge >= 0.3 is 0 Å². The molecular formula is C10H18N4O3S. The maximum Gasteiger partial charge on any atom is 0.244 e. The van der Waals surface area contributed by atoms with Crippen LogP contribution in [0.1, 0.15) is 13.3 Å². The van der Waals surface area contributed by atoms with E-state index in [1.54, 1.807) is 0 Å². The molecule has 1 unspecified atom stereocenters. The van der Waals surface area contributed by atoms with Crippen molar-refractivity contribution in [1.29, 1.82) is 0 Å². The Balaban J connectivity index is 2.14. The second-order valence-electron chi connectivity index (χ2n) is 4.70. The van der Waals surface area contributed by atoms with Gasteiger partial charge in [0.25, 0.3) is 0 Å². The van der Waals surface area contributed by atoms with Crippen LogP contribution >= 0.6 is 0 Å². The Bertz CT molecular complexity index is 505. The molecule has 1 aromatic rings. The van der Waals surface area contributed by atoms with Gasteiger partial charge in [-0.1, -0.05) is 0 Å². The van der Waals surface area contributed by atoms with Crippen LogP contribution in [0.3, 0.4) is 0 Å². The van der Waals surface area contributed by atoms with Crippen molar-refractivity contribution in [3.63, 3.8) is 0 Å². The van der Waals surface area contributed by atoms with Gasteiger partial charge in [-0.25, -0.2) is 13.1 Å². The molecule has 102 valence electrons. The predicted molar refractivity (Wildman–Crippen MR) is 65.4 cm³/mol. The fraction of sp³-hybridized carbons (Fsp3) is 0.700. The van der Waals surface area contributed by atoms with Crippen LogP contribution in [0.2, 0.25) is 0 Å². The molecule has 1 saturated heterocycles. The SMILES string of the molecule is CC1(NS(=O)(=O)c2cnn(CCN)c2)CCOC1. The fourth-order valence-electron chi connectivity index (χ4n) is 1.87. The lowest BCUT2D eigenvalue weighted by atomic mass is 10.0. The standard InChI is InChI=1S/C10H18N4O3S/c1-10(2-5-17-8-10)13-18(15,16)9-6-12-14(7-9)4-3-11/h6-7,13H,2-5,8,11H2,1H3. The van der Waals surface area contributed by atoms with E-state index in [1.807, 2.05) is 6.92 Å². The smallest absolute Gasteiger partial charge is 0.244 e. The first-order chi connectivity index (χ1) is 8.45. The second-order valence-corrected chi connectivity index (χ2v) is 6.38. The quantitative estimate of drug-likeness (QED) is 0.739. The molecule has 0 saturated carbocycles. The monoisotopic (exact) mass is 274 g/mol. The molecular weight excluding hydrogens is 256 g/mol. The normalized spacial score (nSPS) is 24.6. The van der Waals surface area contributed by atoms with E-state index in [-0.39, 0.29) is 4.90 Å². The van der Waals surface area contributed by atoms with E-state index < -0.39 is 15.6 Å². The van der Waals surface area contributed by atoms with Gasteiger partial charge in [0.15, 0.2) is 0 Å². The molecule has 0 spiro atoms. The second kappa shape index (κ2) is 4.96. The molecule has 8 heteroatoms. The first-order valence-electron chi connectivity index (χ1n) is 5.79. The molecule has 0 amide bonds. The number of hydrogen-bond donors (Lipinski definition) is 2. The van der Waals surface area contributed by atoms with E-state index in [0.29, 0.717) is 32.7 Å². The maximum absolute atomic E-state index is 12.2. The van der Waals surface area contributed by atoms with E-state index in [0.717, 1.165) is 0 Å². The molecule has 0 bridgehead atoms. The van der Waals surface area contributed by atoms with Crippen LogP contribution in [0.25, 0.3) is 0 Å². The molecule has 0 aromatic carbocycles. The lowest BCUT2D eigenvalue weighted by Gasteiger charge is -2.22. The molecule has 18 heavy (non-hydrogen) atoms. The van der Waals surface area contributed by atoms with E-state index in [2.05, 4.69) is 9.82 Å². The topological polar surface area (TPSA) is 99.2 Å². The highest BCUT2D eigenvalue weighted by molar-refractivity contribution is 7.89. The lowest BCUT2D eigenvalue weighted by molar-refractivity contribution is 0.178. The van der Waals surface area contributed by atoms with Crippen LogP contribution in [0, 0.1) is 0 Å². The Morgan fingerprint density at radius 2 is 2.44 bits per heavy atom. The van der Waals surface area contributed by atoms with Crippen molar-refractivity contribution in [2.24, 2.45) is 5.73 Å². The Labute approximate surface area is 106 Å². The van der Waals surface area contributed by atoms with Crippen molar-refractivity contribution in [3.8, 4) is 0 Å². The first kappa shape index (κ1) is 13.5. The highest BCUT2D eigenvalue weighted by atomic mass is 32.2. The third-order valence-corrected chi connectivity index (χ3v) is 4.47. The Morgan fingerprint density at radius 3 is 3.06 bits per heavy atom. The van der Waals surface area contributed by atoms with E-state index in [1.165, 1.54) is 17.1 Å². The zero-order valence-corrected chi connectivity index (χ0v) is 11.1. The number of nitrogens with zero attached hydrogens (tertiary/aromatic N) is 2. The molecule has 1 fully saturated rings. The van der Waals surface area contributed by atoms with Crippen LogP contribution in [0.15, 0.2) is 17.3 Å². The zero-order chi connectivity index (χ0) is 13.2. The van der Waals surface area contributed by atoms with Gasteiger partial charge in [0.05, 0.1) is 24.9 Å². The minimum atomic E-state index is -3.55. The molecule has 3 N–H and O–H groups in total. The Morgan fingerprint density at radius 1 is 1.67 bits per heavy atom. The lowest BCUT2D eigenvalue weighted by Crippen LogP contribution is -2.46. The van der Waals surface area contributed by atoms with E-state index >= 15 is 0 Å². The highest BCUT2D eigenvalue weighted by Gasteiger charge is 2.34. The van der Waals surface area contributed by atoms with Crippen LogP contribution in [-0.4, -0.2) is 43.5 Å². The van der Waals surface area contributed by atoms with Gasteiger partial charge in [0.1, 0.15) is 4.90 Å². The summed E-state index contributed by atoms with van der Waals surface area (Å²) in [7, 11) is -3.55. The fourth-order valence-corrected chi connectivity index (χ4v) is 3.24. The Kier molecular flexibility index (Phi) is 3.71. The van der Waals surface area contributed by atoms with Crippen LogP contribution in [-0.2, 0) is 21.3 Å². The molecule has 1 aliphatic heterocycles. The van der Waals surface area contributed by atoms with Crippen molar-refractivity contribution in [3.05, 3.63) is 12.4 Å². The van der Waals surface area contributed by atoms with Crippen molar-refractivity contribution >= 4 is 10.0 Å². The molecule has 1 aliphatic rings. The van der Waals surface area contributed by atoms with Crippen LogP contribution in [0.5, 0.6) is 0 Å². The molecule has 1 atom stereocenters. The average molecular weight is 274 g/mol. The summed E-state index contributed by atoms with van der Waals surface area (Å²) in [6.45, 7) is 3.71. The van der Waals surface area contributed by atoms with E-state index in [4.69, 9.17) is 10.5 Å². The number of aromatic nitrogens is 2. The van der Waals surface area contributed by atoms with Gasteiger partial charge in [0.2, 0.25) is 10.0 Å². The molecule has 7 nitrogen and oxygen atoms in total. The molecule has 0 radical (unpaired) electrons. The average Bonchev–Trinajstić information content (AvgIpc) is 2.87. The highest BCUT2D eigenvalue weighted by Crippen LogP contribution is 2.20. The Hall–Kier alpha value is -0.960. The number of sulfonamides is 1. The summed E-state index contributed by atoms with van der Waals surface area (Å²) in [4.78, 5) is 0.157. The minimum absolute atomic E-state index is 0.157. The first-order valence-corrected chi connectivity index (χ1v) is 7.28. The van der Waals surface area contributed by atoms with Gasteiger partial charge < -0.3 is 10.5 Å². The van der Waals surface area contributed by atoms with Crippen molar-refractivity contribution in [2.45, 2.75) is 30.3 Å². The molecule has 1 aromatic heterocycles. The summed E-state index contributed by atoms with van der Waals surface area (Å²) in [5, 5.41) is 3.96. The van der Waals surface area contributed by atoms with E-state index in [9.17, 15) is 8.42 Å². The van der Waals surface area contributed by atoms with Gasteiger partial charge in [0, 0.05) is 19.3 Å². The van der Waals surface area contributed by atoms with Gasteiger partial charge in [-0.3, -0.25) is 4.68 Å². The van der Waals surface area contributed by atoms with Crippen LogP contribution in [0.4, 0.5) is 0 Å². The number of nitrogens with one attached hydrogen (secondary N) is 1. The largest absolute Gasteiger partial charge is 0.379 e. The number of rotatable bonds is 5. The van der Waals surface area contributed by atoms with Crippen molar-refractivity contribution in [1.82, 2.24) is 14.5 Å². The van der Waals surface area contributed by atoms with Crippen LogP contribution < -0.4 is 10.5 Å². The number of hydrogen-bond acceptors (Lipinski definition) is 5. The minimum Gasteiger partial charge on any atom is -0.379 e.